The summed E-state index contributed by atoms with van der Waals surface area (Å²) in [5.74, 6) is -1.56. The number of aryl methyl sites for hydroxylation is 1. The Labute approximate surface area is 177 Å². The number of aromatic nitrogens is 2. The van der Waals surface area contributed by atoms with Crippen LogP contribution in [0, 0.1) is 13.8 Å². The van der Waals surface area contributed by atoms with E-state index in [0.717, 1.165) is 5.56 Å². The van der Waals surface area contributed by atoms with Gasteiger partial charge in [-0.3, -0.25) is 10.1 Å². The summed E-state index contributed by atoms with van der Waals surface area (Å²) in [6.45, 7) is 5.31. The van der Waals surface area contributed by atoms with Crippen LogP contribution in [-0.4, -0.2) is 41.5 Å². The molecule has 1 amide bonds. The van der Waals surface area contributed by atoms with Crippen molar-refractivity contribution >= 4 is 34.3 Å². The van der Waals surface area contributed by atoms with Gasteiger partial charge in [-0.1, -0.05) is 41.7 Å². The van der Waals surface area contributed by atoms with Gasteiger partial charge in [-0.15, -0.1) is 0 Å². The van der Waals surface area contributed by atoms with E-state index < -0.39 is 17.8 Å². The Hall–Kier alpha value is -3.46. The van der Waals surface area contributed by atoms with Gasteiger partial charge >= 0.3 is 11.9 Å². The van der Waals surface area contributed by atoms with Crippen molar-refractivity contribution in [3.63, 3.8) is 0 Å². The molecule has 1 aromatic carbocycles. The Morgan fingerprint density at radius 3 is 2.47 bits per heavy atom. The molecule has 0 spiro atoms. The van der Waals surface area contributed by atoms with Gasteiger partial charge in [0.2, 0.25) is 0 Å². The zero-order valence-electron chi connectivity index (χ0n) is 17.0. The number of esters is 2. The molecule has 0 aliphatic carbocycles. The second-order valence-electron chi connectivity index (χ2n) is 6.35. The molecule has 0 fully saturated rings. The molecule has 3 aromatic rings. The molecule has 0 aliphatic heterocycles. The number of hydrogen-bond donors (Lipinski definition) is 2. The number of ether oxygens (including phenoxy) is 2. The third-order valence-electron chi connectivity index (χ3n) is 4.41. The quantitative estimate of drug-likeness (QED) is 0.576. The summed E-state index contributed by atoms with van der Waals surface area (Å²) >= 11 is 1.17. The lowest BCUT2D eigenvalue weighted by atomic mass is 10.1. The highest BCUT2D eigenvalue weighted by molar-refractivity contribution is 7.19. The third-order valence-corrected chi connectivity index (χ3v) is 5.43. The summed E-state index contributed by atoms with van der Waals surface area (Å²) in [6, 6.07) is 9.24. The number of benzene rings is 1. The fourth-order valence-electron chi connectivity index (χ4n) is 3.05. The predicted molar refractivity (Wildman–Crippen MR) is 113 cm³/mol. The minimum atomic E-state index is -0.593. The van der Waals surface area contributed by atoms with Gasteiger partial charge in [0.05, 0.1) is 24.2 Å². The molecule has 2 heterocycles. The molecule has 0 aliphatic rings. The summed E-state index contributed by atoms with van der Waals surface area (Å²) in [5.41, 5.74) is 2.48. The van der Waals surface area contributed by atoms with Crippen molar-refractivity contribution in [2.45, 2.75) is 20.8 Å². The number of thiazole rings is 1. The molecule has 2 aromatic heterocycles. The molecule has 0 saturated carbocycles. The highest BCUT2D eigenvalue weighted by atomic mass is 32.1. The fourth-order valence-corrected chi connectivity index (χ4v) is 4.01. The van der Waals surface area contributed by atoms with Crippen molar-refractivity contribution in [1.82, 2.24) is 9.97 Å². The zero-order chi connectivity index (χ0) is 21.8. The molecule has 30 heavy (non-hydrogen) atoms. The lowest BCUT2D eigenvalue weighted by Gasteiger charge is -2.03. The van der Waals surface area contributed by atoms with Crippen LogP contribution in [0.4, 0.5) is 5.13 Å². The molecule has 0 atom stereocenters. The van der Waals surface area contributed by atoms with E-state index in [1.54, 1.807) is 20.8 Å². The fraction of sp³-hybridized carbons (Fsp3) is 0.238. The monoisotopic (exact) mass is 427 g/mol. The van der Waals surface area contributed by atoms with E-state index in [-0.39, 0.29) is 23.1 Å². The Morgan fingerprint density at radius 2 is 1.83 bits per heavy atom. The second kappa shape index (κ2) is 8.91. The number of carbonyl (C=O) groups is 3. The molecule has 2 N–H and O–H groups in total. The first kappa shape index (κ1) is 21.3. The highest BCUT2D eigenvalue weighted by Gasteiger charge is 2.25. The van der Waals surface area contributed by atoms with Gasteiger partial charge in [0.15, 0.2) is 10.8 Å². The smallest absolute Gasteiger partial charge is 0.358 e. The number of methoxy groups -OCH3 is 1. The lowest BCUT2D eigenvalue weighted by Crippen LogP contribution is -2.14. The van der Waals surface area contributed by atoms with Crippen LogP contribution >= 0.6 is 11.3 Å². The maximum Gasteiger partial charge on any atom is 0.358 e. The van der Waals surface area contributed by atoms with Gasteiger partial charge in [-0.25, -0.2) is 14.6 Å². The third kappa shape index (κ3) is 4.11. The topological polar surface area (TPSA) is 110 Å². The van der Waals surface area contributed by atoms with E-state index in [4.69, 9.17) is 9.47 Å². The summed E-state index contributed by atoms with van der Waals surface area (Å²) in [6.07, 6.45) is 0. The number of amides is 1. The molecule has 0 unspecified atom stereocenters. The maximum atomic E-state index is 12.9. The molecule has 0 saturated heterocycles. The van der Waals surface area contributed by atoms with E-state index in [1.165, 1.54) is 18.4 Å². The molecular formula is C21H21N3O5S. The molecule has 8 nitrogen and oxygen atoms in total. The predicted octanol–water partition coefficient (Wildman–Crippen LogP) is 3.97. The molecular weight excluding hydrogens is 406 g/mol. The molecule has 0 bridgehead atoms. The Morgan fingerprint density at radius 1 is 1.13 bits per heavy atom. The average Bonchev–Trinajstić information content (AvgIpc) is 3.28. The normalized spacial score (nSPS) is 10.5. The van der Waals surface area contributed by atoms with Crippen molar-refractivity contribution in [3.8, 4) is 10.4 Å². The van der Waals surface area contributed by atoms with Gasteiger partial charge < -0.3 is 14.5 Å². The standard InChI is InChI=1S/C21H21N3O5S/c1-5-29-20(27)15-11(2)14(12(3)22-15)18(25)24-21-23-16(19(26)28-4)17(30-21)13-9-7-6-8-10-13/h6-10,22H,5H2,1-4H3,(H,23,24,25). The number of aromatic amines is 1. The van der Waals surface area contributed by atoms with Crippen LogP contribution < -0.4 is 5.32 Å². The van der Waals surface area contributed by atoms with Crippen molar-refractivity contribution in [2.75, 3.05) is 19.0 Å². The van der Waals surface area contributed by atoms with Crippen LogP contribution in [-0.2, 0) is 9.47 Å². The Kier molecular flexibility index (Phi) is 6.31. The SMILES string of the molecule is CCOC(=O)c1[nH]c(C)c(C(=O)Nc2nc(C(=O)OC)c(-c3ccccc3)s2)c1C. The van der Waals surface area contributed by atoms with Crippen LogP contribution in [0.3, 0.4) is 0 Å². The first-order valence-corrected chi connectivity index (χ1v) is 10.0. The van der Waals surface area contributed by atoms with Crippen molar-refractivity contribution in [2.24, 2.45) is 0 Å². The minimum Gasteiger partial charge on any atom is -0.464 e. The van der Waals surface area contributed by atoms with Gasteiger partial charge in [-0.05, 0) is 31.9 Å². The largest absolute Gasteiger partial charge is 0.464 e. The van der Waals surface area contributed by atoms with Gasteiger partial charge in [0.1, 0.15) is 5.69 Å². The van der Waals surface area contributed by atoms with Gasteiger partial charge in [0.25, 0.3) is 5.91 Å². The first-order valence-electron chi connectivity index (χ1n) is 9.19. The number of anilines is 1. The van der Waals surface area contributed by atoms with Crippen molar-refractivity contribution in [3.05, 3.63) is 58.5 Å². The highest BCUT2D eigenvalue weighted by Crippen LogP contribution is 2.34. The number of hydrogen-bond acceptors (Lipinski definition) is 7. The summed E-state index contributed by atoms with van der Waals surface area (Å²) < 4.78 is 9.85. The van der Waals surface area contributed by atoms with Crippen LogP contribution in [0.5, 0.6) is 0 Å². The zero-order valence-corrected chi connectivity index (χ0v) is 17.8. The van der Waals surface area contributed by atoms with Gasteiger partial charge in [0, 0.05) is 5.69 Å². The van der Waals surface area contributed by atoms with E-state index in [0.29, 0.717) is 21.7 Å². The summed E-state index contributed by atoms with van der Waals surface area (Å²) in [7, 11) is 1.28. The molecule has 3 rings (SSSR count). The van der Waals surface area contributed by atoms with Gasteiger partial charge in [-0.2, -0.15) is 0 Å². The lowest BCUT2D eigenvalue weighted by molar-refractivity contribution is 0.0518. The van der Waals surface area contributed by atoms with Crippen LogP contribution in [0.2, 0.25) is 0 Å². The molecule has 156 valence electrons. The van der Waals surface area contributed by atoms with E-state index >= 15 is 0 Å². The first-order chi connectivity index (χ1) is 14.4. The number of nitrogens with one attached hydrogen (secondary N) is 2. The van der Waals surface area contributed by atoms with Crippen LogP contribution in [0.15, 0.2) is 30.3 Å². The number of H-pyrrole nitrogens is 1. The van der Waals surface area contributed by atoms with Crippen LogP contribution in [0.25, 0.3) is 10.4 Å². The number of nitrogens with zero attached hydrogens (tertiary/aromatic N) is 1. The summed E-state index contributed by atoms with van der Waals surface area (Å²) in [5, 5.41) is 2.97. The second-order valence-corrected chi connectivity index (χ2v) is 7.35. The number of rotatable bonds is 6. The molecule has 0 radical (unpaired) electrons. The molecule has 9 heteroatoms. The number of carbonyl (C=O) groups excluding carboxylic acids is 3. The Bertz CT molecular complexity index is 1100. The average molecular weight is 427 g/mol. The van der Waals surface area contributed by atoms with E-state index in [9.17, 15) is 14.4 Å². The Balaban J connectivity index is 1.94. The van der Waals surface area contributed by atoms with Crippen LogP contribution in [0.1, 0.15) is 49.5 Å². The summed E-state index contributed by atoms with van der Waals surface area (Å²) in [4.78, 5) is 44.9. The van der Waals surface area contributed by atoms with E-state index in [2.05, 4.69) is 15.3 Å². The van der Waals surface area contributed by atoms with E-state index in [1.807, 2.05) is 30.3 Å². The van der Waals surface area contributed by atoms with Crippen molar-refractivity contribution in [1.29, 1.82) is 0 Å². The maximum absolute atomic E-state index is 12.9. The van der Waals surface area contributed by atoms with Crippen molar-refractivity contribution < 1.29 is 23.9 Å². The minimum absolute atomic E-state index is 0.124.